The molecule has 4 aromatic heterocycles. The highest BCUT2D eigenvalue weighted by Gasteiger charge is 2.22. The van der Waals surface area contributed by atoms with Gasteiger partial charge in [0.1, 0.15) is 17.1 Å². The number of likely N-dealkylation sites (tertiary alicyclic amines) is 1. The van der Waals surface area contributed by atoms with Gasteiger partial charge in [-0.1, -0.05) is 23.7 Å². The van der Waals surface area contributed by atoms with Crippen molar-refractivity contribution < 1.29 is 14.6 Å². The van der Waals surface area contributed by atoms with Crippen molar-refractivity contribution in [1.82, 2.24) is 24.8 Å². The largest absolute Gasteiger partial charge is 0.435 e. The van der Waals surface area contributed by atoms with E-state index in [1.54, 1.807) is 24.4 Å². The molecule has 46 heavy (non-hydrogen) atoms. The molecule has 0 aliphatic carbocycles. The average Bonchev–Trinajstić information content (AvgIpc) is 3.67. The Hall–Kier alpha value is -4.92. The molecule has 1 atom stereocenters. The van der Waals surface area contributed by atoms with Crippen LogP contribution in [0.4, 0.5) is 11.5 Å². The molecule has 230 valence electrons. The van der Waals surface area contributed by atoms with Crippen LogP contribution in [0.2, 0.25) is 5.02 Å². The molecule has 11 heteroatoms. The topological polar surface area (TPSA) is 144 Å². The highest BCUT2D eigenvalue weighted by molar-refractivity contribution is 6.35. The number of aliphatic hydroxyl groups is 2. The summed E-state index contributed by atoms with van der Waals surface area (Å²) in [6.07, 6.45) is 4.06. The fraction of sp³-hybridized carbons (Fsp3) is 0.229. The van der Waals surface area contributed by atoms with Crippen LogP contribution in [-0.2, 0) is 13.2 Å². The lowest BCUT2D eigenvalue weighted by Gasteiger charge is -2.17. The maximum Gasteiger partial charge on any atom is 0.229 e. The molecule has 1 saturated heterocycles. The molecule has 5 heterocycles. The Labute approximate surface area is 270 Å². The number of nitrogens with zero attached hydrogens (tertiary/aromatic N) is 6. The number of pyridine rings is 3. The van der Waals surface area contributed by atoms with E-state index in [0.717, 1.165) is 58.5 Å². The van der Waals surface area contributed by atoms with Gasteiger partial charge in [-0.15, -0.1) is 0 Å². The Kier molecular flexibility index (Phi) is 7.84. The first-order valence-corrected chi connectivity index (χ1v) is 15.3. The van der Waals surface area contributed by atoms with Gasteiger partial charge >= 0.3 is 0 Å². The predicted octanol–water partition coefficient (Wildman–Crippen LogP) is 6.44. The normalized spacial score (nSPS) is 15.1. The molecule has 1 aliphatic rings. The fourth-order valence-corrected chi connectivity index (χ4v) is 6.34. The zero-order valence-corrected chi connectivity index (χ0v) is 26.0. The Morgan fingerprint density at radius 1 is 1.09 bits per heavy atom. The lowest BCUT2D eigenvalue weighted by Crippen LogP contribution is -2.21. The molecule has 0 amide bonds. The highest BCUT2D eigenvalue weighted by Crippen LogP contribution is 2.39. The molecule has 1 aliphatic heterocycles. The number of hydrogen-bond acceptors (Lipinski definition) is 10. The first kappa shape index (κ1) is 29.8. The molecule has 0 spiro atoms. The standard InChI is InChI=1S/C35H30ClN7O3/c1-19-10-23-12-22(16-43-9-7-25(45)17-43)15-39-31(23)34(40-19)41-28-5-3-4-26(20(28)2)32-30(36)27(6-8-38-32)35-42-29-13-21(18-44)11-24(14-37)33(29)46-35/h3-6,8,10-13,15,25,44-45H,7,9,16-18H2,1-2H3,(H,40,41). The quantitative estimate of drug-likeness (QED) is 0.180. The second-order valence-corrected chi connectivity index (χ2v) is 12.0. The summed E-state index contributed by atoms with van der Waals surface area (Å²) in [7, 11) is 0. The van der Waals surface area contributed by atoms with Crippen LogP contribution in [0.3, 0.4) is 0 Å². The van der Waals surface area contributed by atoms with E-state index in [0.29, 0.717) is 45.3 Å². The van der Waals surface area contributed by atoms with Crippen LogP contribution in [-0.4, -0.2) is 54.2 Å². The number of fused-ring (bicyclic) bond motifs is 2. The van der Waals surface area contributed by atoms with E-state index in [4.69, 9.17) is 26.0 Å². The maximum atomic E-state index is 9.91. The zero-order valence-electron chi connectivity index (χ0n) is 25.3. The van der Waals surface area contributed by atoms with Gasteiger partial charge in [0.15, 0.2) is 11.4 Å². The van der Waals surface area contributed by atoms with Crippen molar-refractivity contribution in [2.24, 2.45) is 0 Å². The number of aryl methyl sites for hydroxylation is 1. The van der Waals surface area contributed by atoms with E-state index in [2.05, 4.69) is 32.3 Å². The monoisotopic (exact) mass is 631 g/mol. The number of oxazole rings is 1. The van der Waals surface area contributed by atoms with Crippen molar-refractivity contribution in [3.8, 4) is 28.8 Å². The lowest BCUT2D eigenvalue weighted by molar-refractivity contribution is 0.175. The Morgan fingerprint density at radius 2 is 1.96 bits per heavy atom. The predicted molar refractivity (Wildman–Crippen MR) is 177 cm³/mol. The number of aliphatic hydroxyl groups excluding tert-OH is 2. The van der Waals surface area contributed by atoms with Gasteiger partial charge in [0, 0.05) is 54.4 Å². The number of anilines is 2. The van der Waals surface area contributed by atoms with E-state index in [1.807, 2.05) is 44.3 Å². The van der Waals surface area contributed by atoms with Crippen molar-refractivity contribution in [2.45, 2.75) is 39.5 Å². The summed E-state index contributed by atoms with van der Waals surface area (Å²) in [5.74, 6) is 0.900. The molecule has 0 radical (unpaired) electrons. The fourth-order valence-electron chi connectivity index (χ4n) is 6.04. The minimum Gasteiger partial charge on any atom is -0.435 e. The second-order valence-electron chi connectivity index (χ2n) is 11.6. The van der Waals surface area contributed by atoms with E-state index in [1.165, 1.54) is 0 Å². The summed E-state index contributed by atoms with van der Waals surface area (Å²) < 4.78 is 6.01. The van der Waals surface area contributed by atoms with Crippen molar-refractivity contribution in [3.05, 3.63) is 93.9 Å². The molecule has 10 nitrogen and oxygen atoms in total. The van der Waals surface area contributed by atoms with E-state index in [-0.39, 0.29) is 24.2 Å². The summed E-state index contributed by atoms with van der Waals surface area (Å²) in [5, 5.41) is 34.0. The van der Waals surface area contributed by atoms with Gasteiger partial charge in [-0.2, -0.15) is 5.26 Å². The number of hydrogen-bond donors (Lipinski definition) is 3. The van der Waals surface area contributed by atoms with Crippen LogP contribution >= 0.6 is 11.6 Å². The minimum absolute atomic E-state index is 0.216. The molecule has 3 N–H and O–H groups in total. The number of rotatable bonds is 7. The van der Waals surface area contributed by atoms with Gasteiger partial charge < -0.3 is 19.9 Å². The average molecular weight is 632 g/mol. The SMILES string of the molecule is Cc1cc2cc(CN3CCC(O)C3)cnc2c(Nc2cccc(-c3nccc(-c4nc5cc(CO)cc(C#N)c5o4)c3Cl)c2C)n1. The lowest BCUT2D eigenvalue weighted by atomic mass is 10.0. The van der Waals surface area contributed by atoms with E-state index < -0.39 is 0 Å². The second kappa shape index (κ2) is 12.1. The minimum atomic E-state index is -0.261. The highest BCUT2D eigenvalue weighted by atomic mass is 35.5. The molecule has 0 saturated carbocycles. The zero-order chi connectivity index (χ0) is 31.9. The number of β-amino-alcohol motifs (C(OH)–C–C–N with tert-alkyl or cyclic N) is 1. The molecule has 6 aromatic rings. The number of aromatic nitrogens is 4. The Morgan fingerprint density at radius 3 is 2.74 bits per heavy atom. The summed E-state index contributed by atoms with van der Waals surface area (Å²) in [6.45, 7) is 6.03. The van der Waals surface area contributed by atoms with Crippen molar-refractivity contribution in [2.75, 3.05) is 18.4 Å². The van der Waals surface area contributed by atoms with Gasteiger partial charge in [0.2, 0.25) is 5.89 Å². The van der Waals surface area contributed by atoms with E-state index >= 15 is 0 Å². The van der Waals surface area contributed by atoms with Crippen molar-refractivity contribution in [3.63, 3.8) is 0 Å². The van der Waals surface area contributed by atoms with Crippen molar-refractivity contribution in [1.29, 1.82) is 5.26 Å². The van der Waals surface area contributed by atoms with Gasteiger partial charge in [0.25, 0.3) is 0 Å². The van der Waals surface area contributed by atoms with Crippen LogP contribution in [0.15, 0.2) is 65.3 Å². The van der Waals surface area contributed by atoms with Crippen LogP contribution in [0.25, 0.3) is 44.7 Å². The number of nitrogens with one attached hydrogen (secondary N) is 1. The molecule has 0 bridgehead atoms. The molecule has 2 aromatic carbocycles. The summed E-state index contributed by atoms with van der Waals surface area (Å²) in [6, 6.07) is 17.1. The third-order valence-electron chi connectivity index (χ3n) is 8.32. The summed E-state index contributed by atoms with van der Waals surface area (Å²) in [4.78, 5) is 21.0. The number of halogens is 1. The first-order chi connectivity index (χ1) is 22.3. The van der Waals surface area contributed by atoms with Crippen LogP contribution in [0.1, 0.15) is 34.4 Å². The number of benzene rings is 2. The smallest absolute Gasteiger partial charge is 0.229 e. The Balaban J connectivity index is 1.22. The first-order valence-electron chi connectivity index (χ1n) is 14.9. The summed E-state index contributed by atoms with van der Waals surface area (Å²) in [5.41, 5.74) is 8.00. The van der Waals surface area contributed by atoms with Crippen LogP contribution in [0, 0.1) is 25.2 Å². The molecular weight excluding hydrogens is 602 g/mol. The van der Waals surface area contributed by atoms with Crippen molar-refractivity contribution >= 4 is 45.1 Å². The molecule has 1 fully saturated rings. The van der Waals surface area contributed by atoms with Gasteiger partial charge in [0.05, 0.1) is 34.6 Å². The van der Waals surface area contributed by atoms with Crippen LogP contribution in [0.5, 0.6) is 0 Å². The van der Waals surface area contributed by atoms with Gasteiger partial charge in [-0.3, -0.25) is 14.9 Å². The van der Waals surface area contributed by atoms with Gasteiger partial charge in [-0.05, 0) is 73.4 Å². The van der Waals surface area contributed by atoms with E-state index in [9.17, 15) is 15.5 Å². The number of nitriles is 1. The molecule has 1 unspecified atom stereocenters. The molecule has 7 rings (SSSR count). The van der Waals surface area contributed by atoms with Gasteiger partial charge in [-0.25, -0.2) is 9.97 Å². The summed E-state index contributed by atoms with van der Waals surface area (Å²) >= 11 is 6.98. The van der Waals surface area contributed by atoms with Crippen LogP contribution < -0.4 is 5.32 Å². The molecular formula is C35H30ClN7O3. The Bertz CT molecular complexity index is 2170. The maximum absolute atomic E-state index is 9.91. The third kappa shape index (κ3) is 5.55. The third-order valence-corrected chi connectivity index (χ3v) is 8.70.